The highest BCUT2D eigenvalue weighted by Gasteiger charge is 2.05. The summed E-state index contributed by atoms with van der Waals surface area (Å²) >= 11 is 0. The van der Waals surface area contributed by atoms with Crippen LogP contribution < -0.4 is 11.1 Å². The van der Waals surface area contributed by atoms with Gasteiger partial charge in [-0.2, -0.15) is 0 Å². The van der Waals surface area contributed by atoms with Gasteiger partial charge in [-0.25, -0.2) is 9.97 Å². The molecule has 0 saturated heterocycles. The number of aromatic nitrogens is 2. The second-order valence-electron chi connectivity index (χ2n) is 5.62. The van der Waals surface area contributed by atoms with Crippen LogP contribution in [0.15, 0.2) is 30.3 Å². The van der Waals surface area contributed by atoms with E-state index in [0.29, 0.717) is 18.4 Å². The summed E-state index contributed by atoms with van der Waals surface area (Å²) in [6.45, 7) is 7.69. The zero-order valence-corrected chi connectivity index (χ0v) is 13.1. The lowest BCUT2D eigenvalue weighted by Crippen LogP contribution is -2.07. The van der Waals surface area contributed by atoms with Gasteiger partial charge in [-0.1, -0.05) is 38.1 Å². The third-order valence-electron chi connectivity index (χ3n) is 3.37. The minimum Gasteiger partial charge on any atom is -0.350 e. The summed E-state index contributed by atoms with van der Waals surface area (Å²) in [4.78, 5) is 9.00. The molecule has 2 aromatic rings. The molecule has 0 unspecified atom stereocenters. The van der Waals surface area contributed by atoms with Crippen LogP contribution in [0, 0.1) is 6.92 Å². The lowest BCUT2D eigenvalue weighted by atomic mass is 10.1. The fourth-order valence-corrected chi connectivity index (χ4v) is 2.14. The zero-order valence-electron chi connectivity index (χ0n) is 13.1. The van der Waals surface area contributed by atoms with Crippen LogP contribution in [0.2, 0.25) is 0 Å². The predicted octanol–water partition coefficient (Wildman–Crippen LogP) is 3.02. The normalized spacial score (nSPS) is 10.9. The summed E-state index contributed by atoms with van der Waals surface area (Å²) in [7, 11) is 0. The third kappa shape index (κ3) is 4.53. The highest BCUT2D eigenvalue weighted by molar-refractivity contribution is 5.32. The Labute approximate surface area is 126 Å². The molecule has 0 aliphatic carbocycles. The monoisotopic (exact) mass is 284 g/mol. The summed E-state index contributed by atoms with van der Waals surface area (Å²) in [5.41, 5.74) is 10.1. The number of hydrogen-bond acceptors (Lipinski definition) is 4. The largest absolute Gasteiger partial charge is 0.350 e. The van der Waals surface area contributed by atoms with Crippen molar-refractivity contribution in [2.75, 3.05) is 11.9 Å². The van der Waals surface area contributed by atoms with E-state index in [-0.39, 0.29) is 0 Å². The summed E-state index contributed by atoms with van der Waals surface area (Å²) in [5, 5.41) is 3.30. The molecule has 2 rings (SSSR count). The third-order valence-corrected chi connectivity index (χ3v) is 3.37. The molecule has 1 heterocycles. The highest BCUT2D eigenvalue weighted by Crippen LogP contribution is 2.15. The van der Waals surface area contributed by atoms with E-state index < -0.39 is 0 Å². The summed E-state index contributed by atoms with van der Waals surface area (Å²) in [6.07, 6.45) is 0.923. The molecule has 112 valence electrons. The Morgan fingerprint density at radius 2 is 1.76 bits per heavy atom. The van der Waals surface area contributed by atoms with Gasteiger partial charge in [0.1, 0.15) is 0 Å². The molecule has 0 aliphatic heterocycles. The molecule has 0 aliphatic rings. The molecule has 21 heavy (non-hydrogen) atoms. The standard InChI is InChI=1S/C17H24N4/c1-12(2)16-10-13(3)20-17(21-16)19-11-15-6-4-14(5-7-15)8-9-18/h4-7,10,12H,8-9,11,18H2,1-3H3,(H,19,20,21). The molecule has 1 aromatic carbocycles. The Balaban J connectivity index is 2.02. The van der Waals surface area contributed by atoms with Crippen molar-refractivity contribution < 1.29 is 0 Å². The molecular formula is C17H24N4. The summed E-state index contributed by atoms with van der Waals surface area (Å²) < 4.78 is 0. The zero-order chi connectivity index (χ0) is 15.2. The minimum absolute atomic E-state index is 0.405. The van der Waals surface area contributed by atoms with E-state index in [0.717, 1.165) is 24.4 Å². The molecular weight excluding hydrogens is 260 g/mol. The molecule has 0 atom stereocenters. The Kier molecular flexibility index (Phi) is 5.28. The SMILES string of the molecule is Cc1cc(C(C)C)nc(NCc2ccc(CCN)cc2)n1. The van der Waals surface area contributed by atoms with Gasteiger partial charge in [-0.05, 0) is 43.0 Å². The molecule has 3 N–H and O–H groups in total. The minimum atomic E-state index is 0.405. The molecule has 0 bridgehead atoms. The van der Waals surface area contributed by atoms with Crippen LogP contribution in [0.25, 0.3) is 0 Å². The molecule has 0 radical (unpaired) electrons. The topological polar surface area (TPSA) is 63.8 Å². The Morgan fingerprint density at radius 1 is 1.10 bits per heavy atom. The number of nitrogens with two attached hydrogens (primary N) is 1. The van der Waals surface area contributed by atoms with Gasteiger partial charge in [0, 0.05) is 17.9 Å². The van der Waals surface area contributed by atoms with Crippen molar-refractivity contribution in [2.45, 2.75) is 39.7 Å². The van der Waals surface area contributed by atoms with Gasteiger partial charge in [0.15, 0.2) is 0 Å². The van der Waals surface area contributed by atoms with Crippen molar-refractivity contribution in [2.24, 2.45) is 5.73 Å². The number of hydrogen-bond donors (Lipinski definition) is 2. The van der Waals surface area contributed by atoms with E-state index in [9.17, 15) is 0 Å². The maximum Gasteiger partial charge on any atom is 0.223 e. The van der Waals surface area contributed by atoms with Crippen molar-refractivity contribution in [1.29, 1.82) is 0 Å². The first-order valence-electron chi connectivity index (χ1n) is 7.46. The summed E-state index contributed by atoms with van der Waals surface area (Å²) in [5.74, 6) is 1.10. The molecule has 0 amide bonds. The first kappa shape index (κ1) is 15.4. The van der Waals surface area contributed by atoms with Gasteiger partial charge in [0.2, 0.25) is 5.95 Å². The van der Waals surface area contributed by atoms with Gasteiger partial charge in [-0.15, -0.1) is 0 Å². The number of nitrogens with one attached hydrogen (secondary N) is 1. The maximum atomic E-state index is 5.56. The quantitative estimate of drug-likeness (QED) is 0.856. The van der Waals surface area contributed by atoms with Gasteiger partial charge in [0.05, 0.1) is 0 Å². The van der Waals surface area contributed by atoms with Crippen molar-refractivity contribution >= 4 is 5.95 Å². The van der Waals surface area contributed by atoms with Gasteiger partial charge in [0.25, 0.3) is 0 Å². The van der Waals surface area contributed by atoms with E-state index in [1.807, 2.05) is 13.0 Å². The summed E-state index contributed by atoms with van der Waals surface area (Å²) in [6, 6.07) is 10.5. The molecule has 1 aromatic heterocycles. The van der Waals surface area contributed by atoms with Crippen LogP contribution in [0.3, 0.4) is 0 Å². The average Bonchev–Trinajstić information content (AvgIpc) is 2.46. The Hall–Kier alpha value is -1.94. The fourth-order valence-electron chi connectivity index (χ4n) is 2.14. The average molecular weight is 284 g/mol. The molecule has 0 saturated carbocycles. The van der Waals surface area contributed by atoms with Gasteiger partial charge >= 0.3 is 0 Å². The van der Waals surface area contributed by atoms with Crippen molar-refractivity contribution in [1.82, 2.24) is 9.97 Å². The first-order valence-corrected chi connectivity index (χ1v) is 7.46. The number of nitrogens with zero attached hydrogens (tertiary/aromatic N) is 2. The van der Waals surface area contributed by atoms with Crippen LogP contribution in [0.1, 0.15) is 42.3 Å². The van der Waals surface area contributed by atoms with E-state index in [2.05, 4.69) is 53.4 Å². The highest BCUT2D eigenvalue weighted by atomic mass is 15.1. The van der Waals surface area contributed by atoms with Crippen LogP contribution >= 0.6 is 0 Å². The van der Waals surface area contributed by atoms with Crippen LogP contribution in [0.4, 0.5) is 5.95 Å². The number of aryl methyl sites for hydroxylation is 1. The molecule has 0 spiro atoms. The maximum absolute atomic E-state index is 5.56. The lowest BCUT2D eigenvalue weighted by Gasteiger charge is -2.10. The van der Waals surface area contributed by atoms with Crippen LogP contribution in [-0.2, 0) is 13.0 Å². The smallest absolute Gasteiger partial charge is 0.223 e. The van der Waals surface area contributed by atoms with E-state index in [4.69, 9.17) is 5.73 Å². The van der Waals surface area contributed by atoms with Crippen LogP contribution in [0.5, 0.6) is 0 Å². The predicted molar refractivity (Wildman–Crippen MR) is 87.4 cm³/mol. The van der Waals surface area contributed by atoms with Crippen molar-refractivity contribution in [3.05, 3.63) is 52.8 Å². The van der Waals surface area contributed by atoms with Crippen molar-refractivity contribution in [3.63, 3.8) is 0 Å². The van der Waals surface area contributed by atoms with E-state index in [1.165, 1.54) is 11.1 Å². The number of anilines is 1. The first-order chi connectivity index (χ1) is 10.1. The second kappa shape index (κ2) is 7.18. The van der Waals surface area contributed by atoms with Crippen LogP contribution in [-0.4, -0.2) is 16.5 Å². The Bertz CT molecular complexity index is 576. The molecule has 0 fully saturated rings. The van der Waals surface area contributed by atoms with Gasteiger partial charge in [-0.3, -0.25) is 0 Å². The van der Waals surface area contributed by atoms with Gasteiger partial charge < -0.3 is 11.1 Å². The van der Waals surface area contributed by atoms with E-state index in [1.54, 1.807) is 0 Å². The lowest BCUT2D eigenvalue weighted by molar-refractivity contribution is 0.808. The fraction of sp³-hybridized carbons (Fsp3) is 0.412. The van der Waals surface area contributed by atoms with E-state index >= 15 is 0 Å². The van der Waals surface area contributed by atoms with Crippen molar-refractivity contribution in [3.8, 4) is 0 Å². The second-order valence-corrected chi connectivity index (χ2v) is 5.62. The molecule has 4 nitrogen and oxygen atoms in total. The number of rotatable bonds is 6. The Morgan fingerprint density at radius 3 is 2.38 bits per heavy atom. The number of benzene rings is 1. The molecule has 4 heteroatoms.